The zero-order chi connectivity index (χ0) is 20.3. The van der Waals surface area contributed by atoms with Crippen LogP contribution in [0.1, 0.15) is 33.6 Å². The average Bonchev–Trinajstić information content (AvgIpc) is 2.90. The zero-order valence-electron chi connectivity index (χ0n) is 15.7. The molecular formula is C20H20F3N5. The molecule has 0 radical (unpaired) electrons. The summed E-state index contributed by atoms with van der Waals surface area (Å²) < 4.78 is 39.6. The van der Waals surface area contributed by atoms with Crippen molar-refractivity contribution in [2.45, 2.75) is 33.5 Å². The van der Waals surface area contributed by atoms with E-state index >= 15 is 0 Å². The Balaban J connectivity index is 1.70. The van der Waals surface area contributed by atoms with Crippen molar-refractivity contribution in [1.29, 1.82) is 0 Å². The molecule has 0 aliphatic rings. The average molecular weight is 387 g/mol. The Bertz CT molecular complexity index is 971. The van der Waals surface area contributed by atoms with E-state index in [1.165, 1.54) is 11.6 Å². The summed E-state index contributed by atoms with van der Waals surface area (Å²) in [5.41, 5.74) is 6.81. The molecule has 0 fully saturated rings. The van der Waals surface area contributed by atoms with E-state index in [9.17, 15) is 13.2 Å². The van der Waals surface area contributed by atoms with E-state index < -0.39 is 11.7 Å². The van der Waals surface area contributed by atoms with Gasteiger partial charge in [-0.25, -0.2) is 4.98 Å². The number of pyridine rings is 1. The van der Waals surface area contributed by atoms with Gasteiger partial charge in [0.15, 0.2) is 0 Å². The number of benzene rings is 1. The van der Waals surface area contributed by atoms with Gasteiger partial charge in [-0.15, -0.1) is 0 Å². The molecule has 28 heavy (non-hydrogen) atoms. The lowest BCUT2D eigenvalue weighted by atomic mass is 10.1. The molecule has 3 rings (SSSR count). The van der Waals surface area contributed by atoms with Crippen LogP contribution in [0.2, 0.25) is 0 Å². The summed E-state index contributed by atoms with van der Waals surface area (Å²) in [6.07, 6.45) is -2.04. The van der Waals surface area contributed by atoms with Gasteiger partial charge in [0.1, 0.15) is 5.82 Å². The molecule has 0 spiro atoms. The molecule has 1 N–H and O–H groups in total. The van der Waals surface area contributed by atoms with Gasteiger partial charge in [0.05, 0.1) is 24.0 Å². The van der Waals surface area contributed by atoms with Gasteiger partial charge in [-0.2, -0.15) is 23.4 Å². The second-order valence-corrected chi connectivity index (χ2v) is 6.53. The summed E-state index contributed by atoms with van der Waals surface area (Å²) in [7, 11) is 0. The summed E-state index contributed by atoms with van der Waals surface area (Å²) in [5.74, 6) is 0.228. The maximum absolute atomic E-state index is 12.6. The minimum absolute atomic E-state index is 0.228. The molecule has 0 saturated carbocycles. The Labute approximate surface area is 160 Å². The van der Waals surface area contributed by atoms with E-state index in [0.717, 1.165) is 34.8 Å². The fourth-order valence-electron chi connectivity index (χ4n) is 2.71. The van der Waals surface area contributed by atoms with E-state index in [1.54, 1.807) is 6.21 Å². The molecule has 0 atom stereocenters. The normalized spacial score (nSPS) is 11.9. The molecular weight excluding hydrogens is 367 g/mol. The van der Waals surface area contributed by atoms with Crippen LogP contribution in [-0.4, -0.2) is 21.0 Å². The van der Waals surface area contributed by atoms with Crippen LogP contribution in [0.3, 0.4) is 0 Å². The maximum Gasteiger partial charge on any atom is 0.417 e. The monoisotopic (exact) mass is 387 g/mol. The summed E-state index contributed by atoms with van der Waals surface area (Å²) in [6, 6.07) is 10.4. The van der Waals surface area contributed by atoms with Crippen LogP contribution >= 0.6 is 0 Å². The number of hydrogen-bond donors (Lipinski definition) is 1. The third-order valence-electron chi connectivity index (χ3n) is 4.35. The highest BCUT2D eigenvalue weighted by atomic mass is 19.4. The van der Waals surface area contributed by atoms with Crippen LogP contribution in [0.25, 0.3) is 0 Å². The molecule has 2 aromatic heterocycles. The SMILES string of the molecule is Cc1ccc(Cn2nc(C)c(C=NNc3ccc(C(F)(F)F)cn3)c2C)cc1. The van der Waals surface area contributed by atoms with Gasteiger partial charge in [0, 0.05) is 17.5 Å². The quantitative estimate of drug-likeness (QED) is 0.509. The second kappa shape index (κ2) is 7.84. The Morgan fingerprint density at radius 2 is 1.79 bits per heavy atom. The molecule has 3 aromatic rings. The lowest BCUT2D eigenvalue weighted by Gasteiger charge is -2.06. The first-order chi connectivity index (χ1) is 13.2. The van der Waals surface area contributed by atoms with E-state index in [0.29, 0.717) is 6.54 Å². The van der Waals surface area contributed by atoms with Crippen molar-refractivity contribution in [1.82, 2.24) is 14.8 Å². The first-order valence-electron chi connectivity index (χ1n) is 8.66. The van der Waals surface area contributed by atoms with Crippen LogP contribution in [0.15, 0.2) is 47.7 Å². The molecule has 146 valence electrons. The Kier molecular flexibility index (Phi) is 5.48. The fourth-order valence-corrected chi connectivity index (χ4v) is 2.71. The first-order valence-corrected chi connectivity index (χ1v) is 8.66. The lowest BCUT2D eigenvalue weighted by Crippen LogP contribution is -2.06. The topological polar surface area (TPSA) is 55.1 Å². The van der Waals surface area contributed by atoms with Gasteiger partial charge in [-0.1, -0.05) is 29.8 Å². The predicted molar refractivity (Wildman–Crippen MR) is 102 cm³/mol. The van der Waals surface area contributed by atoms with Crippen LogP contribution in [-0.2, 0) is 12.7 Å². The fraction of sp³-hybridized carbons (Fsp3) is 0.250. The van der Waals surface area contributed by atoms with Crippen LogP contribution in [0, 0.1) is 20.8 Å². The number of alkyl halides is 3. The number of hydrogen-bond acceptors (Lipinski definition) is 4. The number of aromatic nitrogens is 3. The van der Waals surface area contributed by atoms with Crippen molar-refractivity contribution in [3.63, 3.8) is 0 Å². The van der Waals surface area contributed by atoms with Gasteiger partial charge >= 0.3 is 6.18 Å². The maximum atomic E-state index is 12.6. The number of rotatable bonds is 5. The number of nitrogens with zero attached hydrogens (tertiary/aromatic N) is 4. The van der Waals surface area contributed by atoms with E-state index in [1.807, 2.05) is 25.5 Å². The number of halogens is 3. The Morgan fingerprint density at radius 1 is 1.07 bits per heavy atom. The molecule has 0 unspecified atom stereocenters. The highest BCUT2D eigenvalue weighted by Gasteiger charge is 2.30. The van der Waals surface area contributed by atoms with Crippen molar-refractivity contribution in [2.75, 3.05) is 5.43 Å². The minimum Gasteiger partial charge on any atom is -0.265 e. The molecule has 1 aromatic carbocycles. The van der Waals surface area contributed by atoms with E-state index in [4.69, 9.17) is 0 Å². The first kappa shape index (κ1) is 19.6. The van der Waals surface area contributed by atoms with Crippen LogP contribution in [0.4, 0.5) is 19.0 Å². The summed E-state index contributed by atoms with van der Waals surface area (Å²) in [6.45, 7) is 6.52. The number of hydrazone groups is 1. The number of anilines is 1. The van der Waals surface area contributed by atoms with Crippen LogP contribution < -0.4 is 5.43 Å². The number of nitrogens with one attached hydrogen (secondary N) is 1. The summed E-state index contributed by atoms with van der Waals surface area (Å²) in [4.78, 5) is 3.72. The van der Waals surface area contributed by atoms with Gasteiger partial charge in [-0.05, 0) is 38.5 Å². The number of aryl methyl sites for hydroxylation is 2. The van der Waals surface area contributed by atoms with Gasteiger partial charge in [0.2, 0.25) is 0 Å². The molecule has 2 heterocycles. The van der Waals surface area contributed by atoms with Gasteiger partial charge in [0.25, 0.3) is 0 Å². The smallest absolute Gasteiger partial charge is 0.265 e. The van der Waals surface area contributed by atoms with Gasteiger partial charge in [-0.3, -0.25) is 10.1 Å². The zero-order valence-corrected chi connectivity index (χ0v) is 15.7. The molecule has 0 aliphatic carbocycles. The lowest BCUT2D eigenvalue weighted by molar-refractivity contribution is -0.137. The van der Waals surface area contributed by atoms with Crippen molar-refractivity contribution in [2.24, 2.45) is 5.10 Å². The minimum atomic E-state index is -4.41. The molecule has 0 amide bonds. The Morgan fingerprint density at radius 3 is 2.39 bits per heavy atom. The predicted octanol–water partition coefficient (Wildman–Crippen LogP) is 4.72. The van der Waals surface area contributed by atoms with Crippen molar-refractivity contribution in [3.8, 4) is 0 Å². The van der Waals surface area contributed by atoms with Crippen molar-refractivity contribution < 1.29 is 13.2 Å². The second-order valence-electron chi connectivity index (χ2n) is 6.53. The molecule has 0 aliphatic heterocycles. The third-order valence-corrected chi connectivity index (χ3v) is 4.35. The molecule has 0 bridgehead atoms. The molecule has 0 saturated heterocycles. The summed E-state index contributed by atoms with van der Waals surface area (Å²) in [5, 5.41) is 8.63. The highest BCUT2D eigenvalue weighted by Crippen LogP contribution is 2.28. The van der Waals surface area contributed by atoms with Crippen molar-refractivity contribution >= 4 is 12.0 Å². The van der Waals surface area contributed by atoms with E-state index in [2.05, 4.69) is 44.9 Å². The standard InChI is InChI=1S/C20H20F3N5/c1-13-4-6-16(7-5-13)12-28-15(3)18(14(2)27-28)11-25-26-19-9-8-17(10-24-19)20(21,22)23/h4-11H,12H2,1-3H3,(H,24,26). The van der Waals surface area contributed by atoms with Crippen LogP contribution in [0.5, 0.6) is 0 Å². The Hall–Kier alpha value is -3.16. The molecule has 5 nitrogen and oxygen atoms in total. The largest absolute Gasteiger partial charge is 0.417 e. The van der Waals surface area contributed by atoms with Crippen molar-refractivity contribution in [3.05, 3.63) is 76.2 Å². The highest BCUT2D eigenvalue weighted by molar-refractivity contribution is 5.83. The third kappa shape index (κ3) is 4.57. The summed E-state index contributed by atoms with van der Waals surface area (Å²) >= 11 is 0. The van der Waals surface area contributed by atoms with E-state index in [-0.39, 0.29) is 5.82 Å². The molecule has 8 heteroatoms. The van der Waals surface area contributed by atoms with Gasteiger partial charge < -0.3 is 0 Å².